The van der Waals surface area contributed by atoms with Crippen LogP contribution < -0.4 is 15.0 Å². The third-order valence-corrected chi connectivity index (χ3v) is 4.87. The van der Waals surface area contributed by atoms with E-state index < -0.39 is 27.1 Å². The van der Waals surface area contributed by atoms with Gasteiger partial charge in [0.1, 0.15) is 0 Å². The summed E-state index contributed by atoms with van der Waals surface area (Å²) in [5, 5.41) is 3.41. The van der Waals surface area contributed by atoms with Crippen LogP contribution in [0.25, 0.3) is 11.0 Å². The molecule has 0 aliphatic rings. The van der Waals surface area contributed by atoms with E-state index in [9.17, 15) is 21.8 Å². The van der Waals surface area contributed by atoms with Crippen molar-refractivity contribution >= 4 is 39.4 Å². The van der Waals surface area contributed by atoms with Crippen molar-refractivity contribution in [3.05, 3.63) is 47.7 Å². The Hall–Kier alpha value is -3.31. The molecule has 0 aliphatic carbocycles. The van der Waals surface area contributed by atoms with E-state index >= 15 is 0 Å². The van der Waals surface area contributed by atoms with Crippen molar-refractivity contribution in [1.29, 1.82) is 0 Å². The number of hydrogen-bond acceptors (Lipinski definition) is 6. The molecule has 0 saturated carbocycles. The van der Waals surface area contributed by atoms with E-state index in [-0.39, 0.29) is 12.1 Å². The Balaban J connectivity index is 2.11. The molecule has 29 heavy (non-hydrogen) atoms. The monoisotopic (exact) mass is 421 g/mol. The third-order valence-electron chi connectivity index (χ3n) is 4.15. The molecule has 1 aromatic carbocycles. The number of amides is 1. The molecule has 0 unspecified atom stereocenters. The van der Waals surface area contributed by atoms with Crippen LogP contribution in [0, 0.1) is 11.6 Å². The second-order valence-corrected chi connectivity index (χ2v) is 6.73. The summed E-state index contributed by atoms with van der Waals surface area (Å²) in [7, 11) is 0.0245. The van der Waals surface area contributed by atoms with Crippen molar-refractivity contribution in [2.24, 2.45) is 0 Å². The Morgan fingerprint density at radius 2 is 2.00 bits per heavy atom. The predicted molar refractivity (Wildman–Crippen MR) is 101 cm³/mol. The van der Waals surface area contributed by atoms with Gasteiger partial charge in [0.25, 0.3) is 0 Å². The number of methoxy groups -OCH3 is 1. The number of rotatable bonds is 6. The van der Waals surface area contributed by atoms with Crippen LogP contribution in [0.1, 0.15) is 5.56 Å². The van der Waals surface area contributed by atoms with Gasteiger partial charge in [-0.05, 0) is 0 Å². The fourth-order valence-electron chi connectivity index (χ4n) is 2.88. The van der Waals surface area contributed by atoms with Gasteiger partial charge in [0.15, 0.2) is 0 Å². The number of nitrogens with one attached hydrogen (secondary N) is 1. The Bertz CT molecular complexity index is 1210. The molecule has 8 nitrogen and oxygen atoms in total. The zero-order chi connectivity index (χ0) is 21.1. The molecule has 11 heteroatoms. The molecule has 0 atom stereocenters. The Labute approximate surface area is 165 Å². The Morgan fingerprint density at radius 3 is 2.55 bits per heavy atom. The number of pyridine rings is 2. The van der Waals surface area contributed by atoms with Gasteiger partial charge in [-0.15, -0.1) is 0 Å². The molecule has 0 bridgehead atoms. The standard InChI is InChI=1S/C18H15F2N4O4S/c1-21-14-7-22-18-11(3-4-15(23-18)28-2)16(14)24(9-25)8-10-5-12(19)17(29(26)27)13(20)6-10/h3-7,9,21H,8H2,1-2H3/q+1. The van der Waals surface area contributed by atoms with Crippen LogP contribution in [-0.4, -0.2) is 34.7 Å². The van der Waals surface area contributed by atoms with Crippen molar-refractivity contribution in [3.63, 3.8) is 0 Å². The average molecular weight is 421 g/mol. The van der Waals surface area contributed by atoms with Gasteiger partial charge in [0.2, 0.25) is 0 Å². The summed E-state index contributed by atoms with van der Waals surface area (Å²) in [5.41, 5.74) is 1.24. The molecule has 0 spiro atoms. The summed E-state index contributed by atoms with van der Waals surface area (Å²) in [6, 6.07) is 4.99. The Morgan fingerprint density at radius 1 is 1.31 bits per heavy atom. The van der Waals surface area contributed by atoms with Crippen LogP contribution in [-0.2, 0) is 25.9 Å². The van der Waals surface area contributed by atoms with E-state index in [0.717, 1.165) is 12.1 Å². The quantitative estimate of drug-likeness (QED) is 0.485. The molecule has 2 heterocycles. The maximum absolute atomic E-state index is 14.0. The first-order valence-corrected chi connectivity index (χ1v) is 9.27. The van der Waals surface area contributed by atoms with E-state index in [4.69, 9.17) is 4.74 Å². The number of ether oxygens (including phenoxy) is 1. The summed E-state index contributed by atoms with van der Waals surface area (Å²) in [6.45, 7) is -0.219. The first-order chi connectivity index (χ1) is 13.9. The molecule has 0 fully saturated rings. The van der Waals surface area contributed by atoms with Crippen LogP contribution in [0.4, 0.5) is 20.2 Å². The van der Waals surface area contributed by atoms with Crippen molar-refractivity contribution < 1.29 is 26.6 Å². The minimum atomic E-state index is -3.06. The van der Waals surface area contributed by atoms with Gasteiger partial charge in [0.05, 0.1) is 7.11 Å². The molecule has 150 valence electrons. The second-order valence-electron chi connectivity index (χ2n) is 5.85. The fraction of sp³-hybridized carbons (Fsp3) is 0.167. The number of hydrogen-bond donors (Lipinski definition) is 1. The topological polar surface area (TPSA) is 104 Å². The third kappa shape index (κ3) is 3.96. The molecule has 1 amide bonds. The molecule has 2 aromatic heterocycles. The number of halogens is 2. The van der Waals surface area contributed by atoms with Crippen LogP contribution in [0.5, 0.6) is 5.88 Å². The summed E-state index contributed by atoms with van der Waals surface area (Å²) in [6.07, 6.45) is 1.96. The molecule has 1 N–H and O–H groups in total. The first-order valence-electron chi connectivity index (χ1n) is 8.20. The molecule has 0 saturated heterocycles. The van der Waals surface area contributed by atoms with Crippen molar-refractivity contribution in [2.45, 2.75) is 11.4 Å². The molecule has 3 rings (SSSR count). The number of carbonyl (C=O) groups excluding carboxylic acids is 1. The van der Waals surface area contributed by atoms with Crippen molar-refractivity contribution in [1.82, 2.24) is 9.97 Å². The fourth-order valence-corrected chi connectivity index (χ4v) is 3.32. The van der Waals surface area contributed by atoms with Gasteiger partial charge in [-0.1, -0.05) is 0 Å². The number of carbonyl (C=O) groups is 1. The minimum absolute atomic E-state index is 0.0646. The van der Waals surface area contributed by atoms with Crippen LogP contribution in [0.15, 0.2) is 35.4 Å². The zero-order valence-corrected chi connectivity index (χ0v) is 16.1. The normalized spacial score (nSPS) is 10.6. The molecular weight excluding hydrogens is 406 g/mol. The average Bonchev–Trinajstić information content (AvgIpc) is 2.70. The van der Waals surface area contributed by atoms with Crippen LogP contribution in [0.2, 0.25) is 0 Å². The number of fused-ring (bicyclic) bond motifs is 1. The number of aromatic nitrogens is 2. The maximum atomic E-state index is 14.0. The van der Waals surface area contributed by atoms with Gasteiger partial charge in [-0.3, -0.25) is 0 Å². The zero-order valence-electron chi connectivity index (χ0n) is 15.3. The molecule has 0 aliphatic heterocycles. The summed E-state index contributed by atoms with van der Waals surface area (Å²) >= 11 is 0. The molecule has 0 radical (unpaired) electrons. The van der Waals surface area contributed by atoms with E-state index in [1.807, 2.05) is 0 Å². The summed E-state index contributed by atoms with van der Waals surface area (Å²) in [4.78, 5) is 20.4. The summed E-state index contributed by atoms with van der Waals surface area (Å²) in [5.74, 6) is -2.14. The van der Waals surface area contributed by atoms with E-state index in [2.05, 4.69) is 15.3 Å². The van der Waals surface area contributed by atoms with Gasteiger partial charge in [0, 0.05) is 0 Å². The first kappa shape index (κ1) is 20.4. The van der Waals surface area contributed by atoms with E-state index in [1.54, 1.807) is 19.2 Å². The Kier molecular flexibility index (Phi) is 5.89. The number of nitrogens with zero attached hydrogens (tertiary/aromatic N) is 3. The number of benzene rings is 1. The van der Waals surface area contributed by atoms with Crippen LogP contribution >= 0.6 is 0 Å². The second kappa shape index (κ2) is 8.37. The summed E-state index contributed by atoms with van der Waals surface area (Å²) < 4.78 is 55.0. The SMILES string of the molecule is CNc1cnc2nc(OC)ccc2c1N(C=O)Cc1cc(F)c(S(=O)#[O+])c(F)c1. The van der Waals surface area contributed by atoms with Gasteiger partial charge >= 0.3 is 153 Å². The van der Waals surface area contributed by atoms with Gasteiger partial charge in [-0.2, -0.15) is 0 Å². The van der Waals surface area contributed by atoms with Crippen molar-refractivity contribution in [2.75, 3.05) is 24.4 Å². The van der Waals surface area contributed by atoms with Gasteiger partial charge < -0.3 is 4.74 Å². The predicted octanol–water partition coefficient (Wildman–Crippen LogP) is 2.57. The van der Waals surface area contributed by atoms with E-state index in [1.165, 1.54) is 18.2 Å². The van der Waals surface area contributed by atoms with Gasteiger partial charge in [-0.25, -0.2) is 0 Å². The van der Waals surface area contributed by atoms with E-state index in [0.29, 0.717) is 34.7 Å². The van der Waals surface area contributed by atoms with Crippen LogP contribution in [0.3, 0.4) is 0 Å². The molecular formula is C18H15F2N4O4S+. The number of anilines is 2. The molecule has 3 aromatic rings. The van der Waals surface area contributed by atoms with Crippen molar-refractivity contribution in [3.8, 4) is 5.88 Å².